The van der Waals surface area contributed by atoms with Crippen LogP contribution in [0.5, 0.6) is 17.2 Å². The lowest BCUT2D eigenvalue weighted by Crippen LogP contribution is -2.30. The lowest BCUT2D eigenvalue weighted by Gasteiger charge is -2.23. The number of carboxylic acid groups (broad SMARTS) is 1. The first-order valence-electron chi connectivity index (χ1n) is 8.85. The number of hydrogen-bond donors (Lipinski definition) is 1. The Morgan fingerprint density at radius 1 is 1.14 bits per heavy atom. The van der Waals surface area contributed by atoms with Gasteiger partial charge < -0.3 is 24.1 Å². The molecular weight excluding hydrogens is 360 g/mol. The molecule has 3 rings (SSSR count). The Balaban J connectivity index is 2.08. The quantitative estimate of drug-likeness (QED) is 0.764. The number of methoxy groups -OCH3 is 2. The van der Waals surface area contributed by atoms with Gasteiger partial charge >= 0.3 is 5.97 Å². The smallest absolute Gasteiger partial charge is 0.312 e. The minimum atomic E-state index is -1.06. The molecule has 1 N–H and O–H groups in total. The Kier molecular flexibility index (Phi) is 5.23. The summed E-state index contributed by atoms with van der Waals surface area (Å²) in [6.07, 6.45) is 0. The largest absolute Gasteiger partial charge is 0.493 e. The molecule has 0 saturated carbocycles. The molecule has 0 unspecified atom stereocenters. The van der Waals surface area contributed by atoms with Crippen LogP contribution in [0.2, 0.25) is 0 Å². The molecule has 0 bridgehead atoms. The van der Waals surface area contributed by atoms with Crippen LogP contribution in [0.3, 0.4) is 0 Å². The molecule has 1 aliphatic heterocycles. The van der Waals surface area contributed by atoms with Gasteiger partial charge in [-0.15, -0.1) is 0 Å². The second kappa shape index (κ2) is 7.46. The van der Waals surface area contributed by atoms with Crippen molar-refractivity contribution in [1.82, 2.24) is 0 Å². The SMILES string of the molecule is C=C1OCc2cc(-c3ccc(OC)c(OC)c3OCC(C)(C)C(=O)O)ccc21. The van der Waals surface area contributed by atoms with Crippen molar-refractivity contribution >= 4 is 11.7 Å². The lowest BCUT2D eigenvalue weighted by molar-refractivity contribution is -0.148. The molecule has 6 nitrogen and oxygen atoms in total. The Labute approximate surface area is 164 Å². The number of rotatable bonds is 7. The number of carboxylic acids is 1. The van der Waals surface area contributed by atoms with E-state index in [1.54, 1.807) is 27.0 Å². The van der Waals surface area contributed by atoms with E-state index in [-0.39, 0.29) is 6.61 Å². The zero-order valence-corrected chi connectivity index (χ0v) is 16.5. The average molecular weight is 384 g/mol. The Morgan fingerprint density at radius 3 is 2.50 bits per heavy atom. The number of carbonyl (C=O) groups is 1. The van der Waals surface area contributed by atoms with Gasteiger partial charge in [0.25, 0.3) is 0 Å². The number of fused-ring (bicyclic) bond motifs is 1. The minimum Gasteiger partial charge on any atom is -0.493 e. The average Bonchev–Trinajstić information content (AvgIpc) is 3.05. The first kappa shape index (κ1) is 19.6. The van der Waals surface area contributed by atoms with E-state index in [0.717, 1.165) is 22.3 Å². The van der Waals surface area contributed by atoms with Gasteiger partial charge in [0.1, 0.15) is 19.0 Å². The maximum Gasteiger partial charge on any atom is 0.312 e. The molecule has 148 valence electrons. The fourth-order valence-electron chi connectivity index (χ4n) is 2.98. The molecule has 28 heavy (non-hydrogen) atoms. The zero-order chi connectivity index (χ0) is 20.5. The molecule has 0 fully saturated rings. The Bertz CT molecular complexity index is 929. The van der Waals surface area contributed by atoms with Gasteiger partial charge in [-0.3, -0.25) is 4.79 Å². The summed E-state index contributed by atoms with van der Waals surface area (Å²) in [5.74, 6) is 1.08. The summed E-state index contributed by atoms with van der Waals surface area (Å²) in [6.45, 7) is 7.57. The Hall–Kier alpha value is -3.15. The fourth-order valence-corrected chi connectivity index (χ4v) is 2.98. The molecule has 0 aromatic heterocycles. The van der Waals surface area contributed by atoms with Crippen molar-refractivity contribution in [3.05, 3.63) is 48.0 Å². The van der Waals surface area contributed by atoms with Crippen molar-refractivity contribution in [3.63, 3.8) is 0 Å². The van der Waals surface area contributed by atoms with Crippen LogP contribution in [0.1, 0.15) is 25.0 Å². The van der Waals surface area contributed by atoms with E-state index in [1.165, 1.54) is 7.11 Å². The molecule has 1 heterocycles. The van der Waals surface area contributed by atoms with Gasteiger partial charge in [0.2, 0.25) is 5.75 Å². The summed E-state index contributed by atoms with van der Waals surface area (Å²) < 4.78 is 22.4. The minimum absolute atomic E-state index is 0.0241. The zero-order valence-electron chi connectivity index (χ0n) is 16.5. The molecule has 0 aliphatic carbocycles. The monoisotopic (exact) mass is 384 g/mol. The molecule has 6 heteroatoms. The van der Waals surface area contributed by atoms with E-state index in [4.69, 9.17) is 18.9 Å². The van der Waals surface area contributed by atoms with Gasteiger partial charge in [-0.1, -0.05) is 18.7 Å². The van der Waals surface area contributed by atoms with E-state index in [9.17, 15) is 9.90 Å². The van der Waals surface area contributed by atoms with Crippen LogP contribution in [0.4, 0.5) is 0 Å². The highest BCUT2D eigenvalue weighted by atomic mass is 16.5. The van der Waals surface area contributed by atoms with Gasteiger partial charge in [-0.05, 0) is 37.6 Å². The maximum atomic E-state index is 11.5. The maximum absolute atomic E-state index is 11.5. The highest BCUT2D eigenvalue weighted by Crippen LogP contribution is 2.46. The van der Waals surface area contributed by atoms with Crippen molar-refractivity contribution in [1.29, 1.82) is 0 Å². The van der Waals surface area contributed by atoms with Crippen LogP contribution >= 0.6 is 0 Å². The second-order valence-electron chi connectivity index (χ2n) is 7.24. The molecule has 2 aromatic carbocycles. The van der Waals surface area contributed by atoms with Crippen LogP contribution in [0.15, 0.2) is 36.9 Å². The predicted octanol–water partition coefficient (Wildman–Crippen LogP) is 4.36. The van der Waals surface area contributed by atoms with Crippen molar-refractivity contribution in [2.24, 2.45) is 5.41 Å². The molecule has 0 amide bonds. The van der Waals surface area contributed by atoms with Gasteiger partial charge in [-0.2, -0.15) is 0 Å². The molecule has 0 saturated heterocycles. The van der Waals surface area contributed by atoms with Gasteiger partial charge in [0.15, 0.2) is 11.5 Å². The summed E-state index contributed by atoms with van der Waals surface area (Å²) in [5, 5.41) is 9.41. The van der Waals surface area contributed by atoms with E-state index < -0.39 is 11.4 Å². The summed E-state index contributed by atoms with van der Waals surface area (Å²) in [7, 11) is 3.07. The highest BCUT2D eigenvalue weighted by Gasteiger charge is 2.30. The van der Waals surface area contributed by atoms with E-state index in [1.807, 2.05) is 24.3 Å². The highest BCUT2D eigenvalue weighted by molar-refractivity contribution is 5.79. The Morgan fingerprint density at radius 2 is 1.86 bits per heavy atom. The van der Waals surface area contributed by atoms with Gasteiger partial charge in [0, 0.05) is 16.7 Å². The molecule has 0 radical (unpaired) electrons. The van der Waals surface area contributed by atoms with Crippen molar-refractivity contribution in [2.45, 2.75) is 20.5 Å². The van der Waals surface area contributed by atoms with E-state index in [2.05, 4.69) is 6.58 Å². The molecule has 2 aromatic rings. The van der Waals surface area contributed by atoms with Crippen LogP contribution in [-0.2, 0) is 16.1 Å². The number of benzene rings is 2. The van der Waals surface area contributed by atoms with Crippen LogP contribution in [0, 0.1) is 5.41 Å². The summed E-state index contributed by atoms with van der Waals surface area (Å²) in [5.41, 5.74) is 2.64. The molecule has 0 atom stereocenters. The third-order valence-corrected chi connectivity index (χ3v) is 4.77. The number of hydrogen-bond acceptors (Lipinski definition) is 5. The second-order valence-corrected chi connectivity index (χ2v) is 7.24. The number of ether oxygens (including phenoxy) is 4. The van der Waals surface area contributed by atoms with Crippen molar-refractivity contribution in [3.8, 4) is 28.4 Å². The molecule has 1 aliphatic rings. The van der Waals surface area contributed by atoms with Crippen molar-refractivity contribution < 1.29 is 28.8 Å². The van der Waals surface area contributed by atoms with Crippen molar-refractivity contribution in [2.75, 3.05) is 20.8 Å². The first-order chi connectivity index (χ1) is 13.3. The summed E-state index contributed by atoms with van der Waals surface area (Å²) in [6, 6.07) is 9.60. The van der Waals surface area contributed by atoms with Gasteiger partial charge in [0.05, 0.1) is 19.6 Å². The topological polar surface area (TPSA) is 74.2 Å². The standard InChI is InChI=1S/C22H24O6/c1-13-16-7-6-14(10-15(16)11-27-13)17-8-9-18(25-4)20(26-5)19(17)28-12-22(2,3)21(23)24/h6-10H,1,11-12H2,2-5H3,(H,23,24). The normalized spacial score (nSPS) is 12.9. The lowest BCUT2D eigenvalue weighted by atomic mass is 9.95. The first-order valence-corrected chi connectivity index (χ1v) is 8.85. The number of aliphatic carboxylic acids is 1. The van der Waals surface area contributed by atoms with Crippen LogP contribution < -0.4 is 14.2 Å². The van der Waals surface area contributed by atoms with Crippen LogP contribution in [0.25, 0.3) is 16.9 Å². The molecular formula is C22H24O6. The van der Waals surface area contributed by atoms with E-state index in [0.29, 0.717) is 29.6 Å². The van der Waals surface area contributed by atoms with E-state index >= 15 is 0 Å². The third-order valence-electron chi connectivity index (χ3n) is 4.77. The van der Waals surface area contributed by atoms with Gasteiger partial charge in [-0.25, -0.2) is 0 Å². The predicted molar refractivity (Wildman–Crippen MR) is 106 cm³/mol. The van der Waals surface area contributed by atoms with Crippen LogP contribution in [-0.4, -0.2) is 31.9 Å². The fraction of sp³-hybridized carbons (Fsp3) is 0.318. The molecule has 0 spiro atoms. The summed E-state index contributed by atoms with van der Waals surface area (Å²) >= 11 is 0. The summed E-state index contributed by atoms with van der Waals surface area (Å²) in [4.78, 5) is 11.5. The third kappa shape index (κ3) is 3.50.